The molecule has 1 aliphatic heterocycles. The van der Waals surface area contributed by atoms with E-state index in [0.29, 0.717) is 38.4 Å². The van der Waals surface area contributed by atoms with Crippen LogP contribution >= 0.6 is 0 Å². The Morgan fingerprint density at radius 3 is 2.34 bits per heavy atom. The Kier molecular flexibility index (Phi) is 7.32. The summed E-state index contributed by atoms with van der Waals surface area (Å²) < 4.78 is 19.8. The number of aryl methyl sites for hydroxylation is 1. The summed E-state index contributed by atoms with van der Waals surface area (Å²) in [6.07, 6.45) is 1.66. The topological polar surface area (TPSA) is 82.6 Å². The van der Waals surface area contributed by atoms with Crippen molar-refractivity contribution in [3.8, 4) is 0 Å². The molecule has 0 bridgehead atoms. The van der Waals surface area contributed by atoms with Crippen molar-refractivity contribution >= 4 is 0 Å². The highest BCUT2D eigenvalue weighted by Gasteiger charge is 2.34. The maximum absolute atomic E-state index is 12.4. The molecular formula is C25H28N2O5. The molecule has 2 aromatic carbocycles. The second-order valence-electron chi connectivity index (χ2n) is 8.08. The number of aromatic nitrogens is 2. The highest BCUT2D eigenvalue weighted by atomic mass is 16.6. The van der Waals surface area contributed by atoms with Crippen molar-refractivity contribution in [1.29, 1.82) is 0 Å². The second-order valence-corrected chi connectivity index (χ2v) is 8.08. The van der Waals surface area contributed by atoms with Gasteiger partial charge in [-0.2, -0.15) is 0 Å². The van der Waals surface area contributed by atoms with Crippen LogP contribution in [-0.2, 0) is 27.4 Å². The van der Waals surface area contributed by atoms with Crippen LogP contribution in [0, 0.1) is 6.92 Å². The normalized spacial score (nSPS) is 20.8. The SMILES string of the molecule is Cc1cn([C@@H]2CO[C@H](COCc3ccccc3)[C@@H](OCc3ccccc3)C2)c(=O)[nH]c1=O. The molecule has 3 aromatic rings. The van der Waals surface area contributed by atoms with E-state index in [1.807, 2.05) is 60.7 Å². The monoisotopic (exact) mass is 436 g/mol. The molecular weight excluding hydrogens is 408 g/mol. The molecule has 7 nitrogen and oxygen atoms in total. The fourth-order valence-corrected chi connectivity index (χ4v) is 3.86. The maximum atomic E-state index is 12.4. The van der Waals surface area contributed by atoms with Crippen molar-refractivity contribution in [3.63, 3.8) is 0 Å². The van der Waals surface area contributed by atoms with Gasteiger partial charge in [-0.25, -0.2) is 4.79 Å². The molecule has 1 N–H and O–H groups in total. The molecule has 4 rings (SSSR count). The van der Waals surface area contributed by atoms with E-state index in [2.05, 4.69) is 4.98 Å². The minimum Gasteiger partial charge on any atom is -0.374 e. The number of benzene rings is 2. The van der Waals surface area contributed by atoms with Gasteiger partial charge in [0.25, 0.3) is 5.56 Å². The van der Waals surface area contributed by atoms with E-state index in [1.165, 1.54) is 4.57 Å². The molecule has 0 saturated carbocycles. The largest absolute Gasteiger partial charge is 0.374 e. The highest BCUT2D eigenvalue weighted by molar-refractivity contribution is 5.14. The van der Waals surface area contributed by atoms with Gasteiger partial charge in [-0.1, -0.05) is 60.7 Å². The Morgan fingerprint density at radius 2 is 1.66 bits per heavy atom. The van der Waals surface area contributed by atoms with Crippen LogP contribution in [0.1, 0.15) is 29.2 Å². The van der Waals surface area contributed by atoms with Crippen molar-refractivity contribution < 1.29 is 14.2 Å². The third-order valence-electron chi connectivity index (χ3n) is 5.66. The number of rotatable bonds is 8. The minimum atomic E-state index is -0.435. The van der Waals surface area contributed by atoms with E-state index in [9.17, 15) is 9.59 Å². The molecule has 1 saturated heterocycles. The summed E-state index contributed by atoms with van der Waals surface area (Å²) in [5.74, 6) is 0. The lowest BCUT2D eigenvalue weighted by molar-refractivity contribution is -0.151. The number of hydrogen-bond acceptors (Lipinski definition) is 5. The van der Waals surface area contributed by atoms with Gasteiger partial charge in [0, 0.05) is 11.8 Å². The first-order valence-electron chi connectivity index (χ1n) is 10.8. The van der Waals surface area contributed by atoms with E-state index in [1.54, 1.807) is 13.1 Å². The Hall–Kier alpha value is -3.00. The van der Waals surface area contributed by atoms with Gasteiger partial charge in [-0.05, 0) is 24.5 Å². The van der Waals surface area contributed by atoms with Crippen LogP contribution in [-0.4, -0.2) is 35.0 Å². The number of hydrogen-bond donors (Lipinski definition) is 1. The smallest absolute Gasteiger partial charge is 0.328 e. The summed E-state index contributed by atoms with van der Waals surface area (Å²) in [4.78, 5) is 26.5. The third-order valence-corrected chi connectivity index (χ3v) is 5.66. The Morgan fingerprint density at radius 1 is 1.00 bits per heavy atom. The van der Waals surface area contributed by atoms with Crippen LogP contribution in [0.5, 0.6) is 0 Å². The van der Waals surface area contributed by atoms with Crippen LogP contribution in [0.2, 0.25) is 0 Å². The molecule has 7 heteroatoms. The van der Waals surface area contributed by atoms with E-state index in [-0.39, 0.29) is 23.8 Å². The predicted octanol–water partition coefficient (Wildman–Crippen LogP) is 2.98. The number of aromatic amines is 1. The van der Waals surface area contributed by atoms with E-state index >= 15 is 0 Å². The molecule has 0 spiro atoms. The van der Waals surface area contributed by atoms with Crippen molar-refractivity contribution in [2.24, 2.45) is 0 Å². The summed E-state index contributed by atoms with van der Waals surface area (Å²) in [5, 5.41) is 0. The lowest BCUT2D eigenvalue weighted by atomic mass is 10.0. The number of H-pyrrole nitrogens is 1. The van der Waals surface area contributed by atoms with Gasteiger partial charge < -0.3 is 14.2 Å². The summed E-state index contributed by atoms with van der Waals surface area (Å²) in [6, 6.07) is 19.7. The highest BCUT2D eigenvalue weighted by Crippen LogP contribution is 2.26. The van der Waals surface area contributed by atoms with Gasteiger partial charge in [0.2, 0.25) is 0 Å². The lowest BCUT2D eigenvalue weighted by Gasteiger charge is -2.36. The first-order valence-corrected chi connectivity index (χ1v) is 10.8. The zero-order valence-corrected chi connectivity index (χ0v) is 18.1. The zero-order valence-electron chi connectivity index (χ0n) is 18.1. The fourth-order valence-electron chi connectivity index (χ4n) is 3.86. The van der Waals surface area contributed by atoms with Crippen LogP contribution < -0.4 is 11.2 Å². The van der Waals surface area contributed by atoms with Crippen molar-refractivity contribution in [2.45, 2.75) is 44.8 Å². The summed E-state index contributed by atoms with van der Waals surface area (Å²) in [6.45, 7) is 3.35. The molecule has 0 radical (unpaired) electrons. The number of nitrogens with one attached hydrogen (secondary N) is 1. The van der Waals surface area contributed by atoms with E-state index < -0.39 is 5.69 Å². The van der Waals surface area contributed by atoms with Crippen molar-refractivity contribution in [2.75, 3.05) is 13.2 Å². The molecule has 1 fully saturated rings. The molecule has 168 valence electrons. The molecule has 2 heterocycles. The molecule has 1 aromatic heterocycles. The van der Waals surface area contributed by atoms with Crippen molar-refractivity contribution in [1.82, 2.24) is 9.55 Å². The Bertz CT molecular complexity index is 1110. The quantitative estimate of drug-likeness (QED) is 0.587. The van der Waals surface area contributed by atoms with Gasteiger partial charge in [0.15, 0.2) is 0 Å². The maximum Gasteiger partial charge on any atom is 0.328 e. The van der Waals surface area contributed by atoms with Gasteiger partial charge >= 0.3 is 5.69 Å². The summed E-state index contributed by atoms with van der Waals surface area (Å²) >= 11 is 0. The Labute approximate surface area is 186 Å². The van der Waals surface area contributed by atoms with Gasteiger partial charge in [-0.15, -0.1) is 0 Å². The number of ether oxygens (including phenoxy) is 3. The summed E-state index contributed by atoms with van der Waals surface area (Å²) in [7, 11) is 0. The Balaban J connectivity index is 1.45. The fraction of sp³-hybridized carbons (Fsp3) is 0.360. The molecule has 32 heavy (non-hydrogen) atoms. The third kappa shape index (κ3) is 5.62. The number of nitrogens with zero attached hydrogens (tertiary/aromatic N) is 1. The zero-order chi connectivity index (χ0) is 22.3. The molecule has 3 atom stereocenters. The average molecular weight is 437 g/mol. The molecule has 0 aliphatic carbocycles. The molecule has 1 aliphatic rings. The van der Waals surface area contributed by atoms with Crippen LogP contribution in [0.25, 0.3) is 0 Å². The van der Waals surface area contributed by atoms with Crippen LogP contribution in [0.15, 0.2) is 76.4 Å². The summed E-state index contributed by atoms with van der Waals surface area (Å²) in [5.41, 5.74) is 1.84. The average Bonchev–Trinajstić information content (AvgIpc) is 2.82. The van der Waals surface area contributed by atoms with Crippen LogP contribution in [0.4, 0.5) is 0 Å². The minimum absolute atomic E-state index is 0.232. The van der Waals surface area contributed by atoms with Crippen molar-refractivity contribution in [3.05, 3.63) is 104 Å². The predicted molar refractivity (Wildman–Crippen MR) is 121 cm³/mol. The van der Waals surface area contributed by atoms with Gasteiger partial charge in [0.1, 0.15) is 6.10 Å². The standard InChI is InChI=1S/C25H28N2O5/c1-18-13-27(25(29)26-24(18)28)21-12-22(31-15-20-10-6-3-7-11-20)23(32-16-21)17-30-14-19-8-4-2-5-9-19/h2-11,13,21-23H,12,14-17H2,1H3,(H,26,28,29)/t21-,22-,23+/m0/s1. The lowest BCUT2D eigenvalue weighted by Crippen LogP contribution is -2.46. The first-order chi connectivity index (χ1) is 15.6. The van der Waals surface area contributed by atoms with Gasteiger partial charge in [-0.3, -0.25) is 14.3 Å². The second kappa shape index (κ2) is 10.5. The van der Waals surface area contributed by atoms with E-state index in [0.717, 1.165) is 11.1 Å². The van der Waals surface area contributed by atoms with Crippen LogP contribution in [0.3, 0.4) is 0 Å². The first kappa shape index (κ1) is 22.2. The molecule has 0 unspecified atom stereocenters. The van der Waals surface area contributed by atoms with Gasteiger partial charge in [0.05, 0.1) is 38.6 Å². The van der Waals surface area contributed by atoms with E-state index in [4.69, 9.17) is 14.2 Å². The molecule has 0 amide bonds.